The summed E-state index contributed by atoms with van der Waals surface area (Å²) in [6.07, 6.45) is 4.97. The highest BCUT2D eigenvalue weighted by molar-refractivity contribution is 7.90. The topological polar surface area (TPSA) is 133 Å². The van der Waals surface area contributed by atoms with Gasteiger partial charge in [0.2, 0.25) is 5.91 Å². The Labute approximate surface area is 204 Å². The molecule has 35 heavy (non-hydrogen) atoms. The van der Waals surface area contributed by atoms with Crippen LogP contribution in [0, 0.1) is 11.8 Å². The number of sulfonamides is 1. The number of nitrogens with zero attached hydrogens (tertiary/aromatic N) is 1. The number of nitrogens with one attached hydrogen (secondary N) is 2. The van der Waals surface area contributed by atoms with Crippen LogP contribution >= 0.6 is 0 Å². The molecule has 1 saturated carbocycles. The molecule has 3 N–H and O–H groups in total. The van der Waals surface area contributed by atoms with Gasteiger partial charge in [-0.3, -0.25) is 14.5 Å². The largest absolute Gasteiger partial charge is 0.465 e. The number of benzene rings is 2. The van der Waals surface area contributed by atoms with Gasteiger partial charge in [-0.05, 0) is 54.7 Å². The zero-order valence-electron chi connectivity index (χ0n) is 19.2. The molecule has 1 aliphatic carbocycles. The Morgan fingerprint density at radius 2 is 1.54 bits per heavy atom. The number of carbonyl (C=O) groups is 3. The van der Waals surface area contributed by atoms with E-state index < -0.39 is 28.1 Å². The van der Waals surface area contributed by atoms with Crippen LogP contribution in [0.15, 0.2) is 59.5 Å². The fourth-order valence-electron chi connectivity index (χ4n) is 5.18. The summed E-state index contributed by atoms with van der Waals surface area (Å²) in [5, 5.41) is 12.4. The molecule has 2 aliphatic rings. The fourth-order valence-corrected chi connectivity index (χ4v) is 6.18. The summed E-state index contributed by atoms with van der Waals surface area (Å²) in [6, 6.07) is 12.6. The van der Waals surface area contributed by atoms with Crippen molar-refractivity contribution in [2.45, 2.75) is 49.5 Å². The summed E-state index contributed by atoms with van der Waals surface area (Å²) in [6.45, 7) is 0.337. The van der Waals surface area contributed by atoms with E-state index in [1.165, 1.54) is 47.7 Å². The second kappa shape index (κ2) is 10.5. The van der Waals surface area contributed by atoms with Crippen LogP contribution in [-0.2, 0) is 14.8 Å². The Bertz CT molecular complexity index is 1180. The lowest BCUT2D eigenvalue weighted by Crippen LogP contribution is -2.47. The normalized spacial score (nSPS) is 20.9. The monoisotopic (exact) mass is 499 g/mol. The van der Waals surface area contributed by atoms with Gasteiger partial charge in [-0.1, -0.05) is 50.3 Å². The Balaban J connectivity index is 1.43. The van der Waals surface area contributed by atoms with Crippen LogP contribution in [0.5, 0.6) is 0 Å². The number of hydrogen-bond donors (Lipinski definition) is 3. The van der Waals surface area contributed by atoms with Crippen molar-refractivity contribution in [3.05, 3.63) is 60.2 Å². The van der Waals surface area contributed by atoms with Crippen molar-refractivity contribution in [1.29, 1.82) is 0 Å². The smallest absolute Gasteiger partial charge is 0.407 e. The first-order valence-electron chi connectivity index (χ1n) is 11.8. The highest BCUT2D eigenvalue weighted by Crippen LogP contribution is 2.39. The van der Waals surface area contributed by atoms with Gasteiger partial charge in [0.25, 0.3) is 15.9 Å². The van der Waals surface area contributed by atoms with Gasteiger partial charge >= 0.3 is 6.09 Å². The molecule has 0 unspecified atom stereocenters. The predicted molar refractivity (Wildman–Crippen MR) is 129 cm³/mol. The first-order valence-corrected chi connectivity index (χ1v) is 13.3. The van der Waals surface area contributed by atoms with Crippen LogP contribution in [0.2, 0.25) is 0 Å². The third kappa shape index (κ3) is 5.64. The Hall–Kier alpha value is -3.40. The van der Waals surface area contributed by atoms with E-state index in [1.807, 2.05) is 4.72 Å². The number of anilines is 1. The summed E-state index contributed by atoms with van der Waals surface area (Å²) in [5.41, 5.74) is 0.507. The molecule has 2 aromatic rings. The van der Waals surface area contributed by atoms with Crippen molar-refractivity contribution in [2.24, 2.45) is 11.8 Å². The van der Waals surface area contributed by atoms with Gasteiger partial charge in [0, 0.05) is 17.8 Å². The molecule has 0 aromatic heterocycles. The van der Waals surface area contributed by atoms with Crippen molar-refractivity contribution in [3.8, 4) is 0 Å². The quantitative estimate of drug-likeness (QED) is 0.555. The zero-order chi connectivity index (χ0) is 25.0. The highest BCUT2D eigenvalue weighted by atomic mass is 32.2. The molecule has 2 fully saturated rings. The first-order chi connectivity index (χ1) is 16.8. The number of hydrogen-bond acceptors (Lipinski definition) is 5. The van der Waals surface area contributed by atoms with Crippen molar-refractivity contribution >= 4 is 33.6 Å². The molecule has 2 atom stereocenters. The Morgan fingerprint density at radius 1 is 0.886 bits per heavy atom. The van der Waals surface area contributed by atoms with Crippen molar-refractivity contribution < 1.29 is 27.9 Å². The van der Waals surface area contributed by atoms with E-state index in [4.69, 9.17) is 0 Å². The molecule has 186 valence electrons. The molecular weight excluding hydrogens is 470 g/mol. The van der Waals surface area contributed by atoms with E-state index >= 15 is 0 Å². The molecule has 1 aliphatic heterocycles. The summed E-state index contributed by atoms with van der Waals surface area (Å²) in [5.74, 6) is -0.859. The third-order valence-electron chi connectivity index (χ3n) is 6.91. The molecule has 0 bridgehead atoms. The molecule has 0 radical (unpaired) electrons. The van der Waals surface area contributed by atoms with Gasteiger partial charge in [-0.2, -0.15) is 0 Å². The molecule has 10 heteroatoms. The number of amides is 3. The number of carboxylic acid groups (broad SMARTS) is 1. The van der Waals surface area contributed by atoms with E-state index in [0.717, 1.165) is 25.7 Å². The molecule has 3 amide bonds. The lowest BCUT2D eigenvalue weighted by molar-refractivity contribution is -0.121. The number of carbonyl (C=O) groups excluding carboxylic acids is 2. The Kier molecular flexibility index (Phi) is 7.39. The molecule has 0 spiro atoms. The first kappa shape index (κ1) is 24.7. The third-order valence-corrected chi connectivity index (χ3v) is 8.26. The average molecular weight is 500 g/mol. The summed E-state index contributed by atoms with van der Waals surface area (Å²) in [4.78, 5) is 38.6. The van der Waals surface area contributed by atoms with Gasteiger partial charge in [-0.15, -0.1) is 0 Å². The van der Waals surface area contributed by atoms with Crippen molar-refractivity contribution in [3.63, 3.8) is 0 Å². The Morgan fingerprint density at radius 3 is 2.17 bits per heavy atom. The second-order valence-electron chi connectivity index (χ2n) is 9.09. The van der Waals surface area contributed by atoms with Crippen molar-refractivity contribution in [2.75, 3.05) is 11.9 Å². The average Bonchev–Trinajstić information content (AvgIpc) is 3.31. The molecule has 9 nitrogen and oxygen atoms in total. The minimum atomic E-state index is -4.01. The molecule has 1 heterocycles. The lowest BCUT2D eigenvalue weighted by Gasteiger charge is -2.32. The summed E-state index contributed by atoms with van der Waals surface area (Å²) in [7, 11) is -4.01. The molecule has 1 saturated heterocycles. The van der Waals surface area contributed by atoms with E-state index in [-0.39, 0.29) is 22.3 Å². The maximum Gasteiger partial charge on any atom is 0.407 e. The second-order valence-corrected chi connectivity index (χ2v) is 10.8. The van der Waals surface area contributed by atoms with Crippen LogP contribution in [0.4, 0.5) is 10.5 Å². The molecule has 4 rings (SSSR count). The van der Waals surface area contributed by atoms with Gasteiger partial charge in [0.15, 0.2) is 0 Å². The number of rotatable bonds is 6. The van der Waals surface area contributed by atoms with E-state index in [0.29, 0.717) is 24.6 Å². The van der Waals surface area contributed by atoms with Gasteiger partial charge < -0.3 is 10.4 Å². The van der Waals surface area contributed by atoms with Crippen LogP contribution in [0.3, 0.4) is 0 Å². The van der Waals surface area contributed by atoms with Crippen LogP contribution in [0.25, 0.3) is 0 Å². The standard InChI is InChI=1S/C25H29N3O6S/c29-23(27-35(33,34)20-9-5-2-6-10-20)18-11-13-19(14-12-18)26-24(30)22-21(15-16-28(22)25(31)32)17-7-3-1-4-8-17/h2,5-6,9-14,17,21-22H,1,3-4,7-8,15-16H2,(H,26,30)(H,27,29)(H,31,32)/t21-,22-/m0/s1. The maximum absolute atomic E-state index is 13.2. The summed E-state index contributed by atoms with van der Waals surface area (Å²) >= 11 is 0. The SMILES string of the molecule is O=C(NS(=O)(=O)c1ccccc1)c1ccc(NC(=O)[C@@H]2[C@H](C3CCCCC3)CCN2C(=O)O)cc1. The van der Waals surface area contributed by atoms with E-state index in [1.54, 1.807) is 18.2 Å². The van der Waals surface area contributed by atoms with E-state index in [9.17, 15) is 27.9 Å². The van der Waals surface area contributed by atoms with Crippen LogP contribution < -0.4 is 10.0 Å². The van der Waals surface area contributed by atoms with Crippen molar-refractivity contribution in [1.82, 2.24) is 9.62 Å². The number of likely N-dealkylation sites (tertiary alicyclic amines) is 1. The van der Waals surface area contributed by atoms with Gasteiger partial charge in [0.05, 0.1) is 4.90 Å². The van der Waals surface area contributed by atoms with Crippen LogP contribution in [0.1, 0.15) is 48.9 Å². The van der Waals surface area contributed by atoms with E-state index in [2.05, 4.69) is 5.32 Å². The minimum Gasteiger partial charge on any atom is -0.465 e. The van der Waals surface area contributed by atoms with Gasteiger partial charge in [-0.25, -0.2) is 17.9 Å². The predicted octanol–water partition coefficient (Wildman–Crippen LogP) is 3.69. The maximum atomic E-state index is 13.2. The fraction of sp³-hybridized carbons (Fsp3) is 0.400. The lowest BCUT2D eigenvalue weighted by atomic mass is 9.76. The van der Waals surface area contributed by atoms with Gasteiger partial charge in [0.1, 0.15) is 6.04 Å². The summed E-state index contributed by atoms with van der Waals surface area (Å²) < 4.78 is 26.8. The molecular formula is C25H29N3O6S. The molecule has 2 aromatic carbocycles. The zero-order valence-corrected chi connectivity index (χ0v) is 20.0. The minimum absolute atomic E-state index is 0.0142. The highest BCUT2D eigenvalue weighted by Gasteiger charge is 2.45. The van der Waals surface area contributed by atoms with Crippen LogP contribution in [-0.4, -0.2) is 48.9 Å².